The summed E-state index contributed by atoms with van der Waals surface area (Å²) in [6, 6.07) is 21.7. The average molecular weight is 425 g/mol. The van der Waals surface area contributed by atoms with Gasteiger partial charge in [-0.1, -0.05) is 58.4 Å². The highest BCUT2D eigenvalue weighted by molar-refractivity contribution is 9.10. The molecule has 3 rings (SSSR count). The maximum Gasteiger partial charge on any atom is 0.275 e. The fourth-order valence-corrected chi connectivity index (χ4v) is 2.75. The van der Waals surface area contributed by atoms with Crippen LogP contribution in [0.5, 0.6) is 11.5 Å². The molecule has 0 spiro atoms. The molecule has 0 aliphatic heterocycles. The number of hydrazone groups is 1. The molecule has 3 aromatic carbocycles. The number of phenols is 1. The summed E-state index contributed by atoms with van der Waals surface area (Å²) >= 11 is 3.42. The van der Waals surface area contributed by atoms with E-state index in [-0.39, 0.29) is 11.3 Å². The van der Waals surface area contributed by atoms with Gasteiger partial charge >= 0.3 is 0 Å². The molecular formula is C21H17BrN2O3. The van der Waals surface area contributed by atoms with Crippen LogP contribution in [0.25, 0.3) is 0 Å². The van der Waals surface area contributed by atoms with Gasteiger partial charge < -0.3 is 9.84 Å². The topological polar surface area (TPSA) is 70.9 Å². The summed E-state index contributed by atoms with van der Waals surface area (Å²) in [6.07, 6.45) is 1.50. The number of hydrogen-bond donors (Lipinski definition) is 2. The average Bonchev–Trinajstić information content (AvgIpc) is 2.68. The molecule has 136 valence electrons. The molecule has 0 aliphatic carbocycles. The smallest absolute Gasteiger partial charge is 0.275 e. The van der Waals surface area contributed by atoms with Crippen molar-refractivity contribution in [1.29, 1.82) is 0 Å². The third kappa shape index (κ3) is 5.18. The second-order valence-electron chi connectivity index (χ2n) is 5.67. The number of para-hydroxylation sites is 1. The molecule has 2 N–H and O–H groups in total. The van der Waals surface area contributed by atoms with Crippen molar-refractivity contribution in [3.63, 3.8) is 0 Å². The minimum Gasteiger partial charge on any atom is -0.507 e. The van der Waals surface area contributed by atoms with Crippen LogP contribution >= 0.6 is 15.9 Å². The minimum atomic E-state index is -0.494. The van der Waals surface area contributed by atoms with E-state index in [1.165, 1.54) is 18.3 Å². The zero-order chi connectivity index (χ0) is 19.1. The number of carbonyl (C=O) groups excluding carboxylic acids is 1. The second-order valence-corrected chi connectivity index (χ2v) is 6.59. The highest BCUT2D eigenvalue weighted by Gasteiger charge is 2.09. The van der Waals surface area contributed by atoms with Gasteiger partial charge in [-0.25, -0.2) is 5.43 Å². The van der Waals surface area contributed by atoms with Gasteiger partial charge in [0.1, 0.15) is 18.1 Å². The number of ether oxygens (including phenoxy) is 1. The first kappa shape index (κ1) is 18.7. The normalized spacial score (nSPS) is 10.7. The number of halogens is 1. The van der Waals surface area contributed by atoms with Crippen LogP contribution in [0.15, 0.2) is 82.4 Å². The van der Waals surface area contributed by atoms with Crippen molar-refractivity contribution in [3.8, 4) is 11.5 Å². The van der Waals surface area contributed by atoms with Crippen LogP contribution in [0.3, 0.4) is 0 Å². The summed E-state index contributed by atoms with van der Waals surface area (Å²) < 4.78 is 6.74. The number of nitrogens with zero attached hydrogens (tertiary/aromatic N) is 1. The summed E-state index contributed by atoms with van der Waals surface area (Å²) in [5.41, 5.74) is 4.32. The third-order valence-electron chi connectivity index (χ3n) is 3.73. The lowest BCUT2D eigenvalue weighted by Gasteiger charge is -2.10. The van der Waals surface area contributed by atoms with Crippen molar-refractivity contribution < 1.29 is 14.6 Å². The molecule has 0 saturated heterocycles. The molecule has 0 aromatic heterocycles. The summed E-state index contributed by atoms with van der Waals surface area (Å²) in [5.74, 6) is 0.0493. The van der Waals surface area contributed by atoms with Crippen LogP contribution in [0.1, 0.15) is 21.5 Å². The lowest BCUT2D eigenvalue weighted by Crippen LogP contribution is -2.17. The number of phenolic OH excluding ortho intramolecular Hbond substituents is 1. The Balaban J connectivity index is 1.70. The first-order chi connectivity index (χ1) is 13.1. The third-order valence-corrected chi connectivity index (χ3v) is 4.22. The maximum atomic E-state index is 12.1. The lowest BCUT2D eigenvalue weighted by molar-refractivity contribution is 0.0952. The van der Waals surface area contributed by atoms with E-state index in [2.05, 4.69) is 26.5 Å². The number of carbonyl (C=O) groups is 1. The van der Waals surface area contributed by atoms with Crippen molar-refractivity contribution in [2.24, 2.45) is 5.10 Å². The van der Waals surface area contributed by atoms with E-state index in [4.69, 9.17) is 4.74 Å². The highest BCUT2D eigenvalue weighted by Crippen LogP contribution is 2.23. The first-order valence-corrected chi connectivity index (χ1v) is 9.00. The number of aromatic hydroxyl groups is 1. The van der Waals surface area contributed by atoms with Crippen molar-refractivity contribution >= 4 is 28.1 Å². The van der Waals surface area contributed by atoms with Gasteiger partial charge in [-0.2, -0.15) is 5.10 Å². The molecule has 0 saturated carbocycles. The van der Waals surface area contributed by atoms with E-state index in [1.807, 2.05) is 48.5 Å². The van der Waals surface area contributed by atoms with Crippen molar-refractivity contribution in [2.45, 2.75) is 6.61 Å². The summed E-state index contributed by atoms with van der Waals surface area (Å²) in [6.45, 7) is 0.424. The molecule has 0 fully saturated rings. The molecule has 0 bridgehead atoms. The lowest BCUT2D eigenvalue weighted by atomic mass is 10.2. The molecule has 3 aromatic rings. The Morgan fingerprint density at radius 3 is 2.59 bits per heavy atom. The van der Waals surface area contributed by atoms with Gasteiger partial charge in [0.25, 0.3) is 5.91 Å². The van der Waals surface area contributed by atoms with Crippen LogP contribution in [-0.2, 0) is 6.61 Å². The van der Waals surface area contributed by atoms with Crippen molar-refractivity contribution in [2.75, 3.05) is 0 Å². The van der Waals surface area contributed by atoms with Gasteiger partial charge in [0.2, 0.25) is 0 Å². The summed E-state index contributed by atoms with van der Waals surface area (Å²) in [4.78, 5) is 12.1. The molecule has 0 atom stereocenters. The Morgan fingerprint density at radius 1 is 1.07 bits per heavy atom. The molecule has 0 radical (unpaired) electrons. The van der Waals surface area contributed by atoms with E-state index in [9.17, 15) is 9.90 Å². The van der Waals surface area contributed by atoms with Crippen LogP contribution in [-0.4, -0.2) is 17.2 Å². The van der Waals surface area contributed by atoms with E-state index in [1.54, 1.807) is 12.1 Å². The van der Waals surface area contributed by atoms with E-state index >= 15 is 0 Å². The standard InChI is InChI=1S/C21H17BrN2O3/c22-17-10-11-20(27-14-15-6-2-1-3-7-15)16(12-17)13-23-24-21(26)18-8-4-5-9-19(18)25/h1-13,25H,14H2,(H,24,26)/b23-13-. The van der Waals surface area contributed by atoms with Gasteiger partial charge in [-0.05, 0) is 35.9 Å². The molecular weight excluding hydrogens is 408 g/mol. The largest absolute Gasteiger partial charge is 0.507 e. The van der Waals surface area contributed by atoms with Gasteiger partial charge in [-0.15, -0.1) is 0 Å². The van der Waals surface area contributed by atoms with Gasteiger partial charge in [-0.3, -0.25) is 4.79 Å². The Labute approximate surface area is 165 Å². The van der Waals surface area contributed by atoms with Crippen molar-refractivity contribution in [3.05, 3.63) is 94.0 Å². The van der Waals surface area contributed by atoms with Gasteiger partial charge in [0.05, 0.1) is 11.8 Å². The van der Waals surface area contributed by atoms with Gasteiger partial charge in [0.15, 0.2) is 0 Å². The van der Waals surface area contributed by atoms with Crippen LogP contribution in [0, 0.1) is 0 Å². The zero-order valence-corrected chi connectivity index (χ0v) is 15.9. The van der Waals surface area contributed by atoms with E-state index in [0.29, 0.717) is 17.9 Å². The second kappa shape index (κ2) is 9.00. The Bertz CT molecular complexity index is 959. The molecule has 0 aliphatic rings. The fourth-order valence-electron chi connectivity index (χ4n) is 2.37. The Kier molecular flexibility index (Phi) is 6.22. The van der Waals surface area contributed by atoms with Gasteiger partial charge in [0, 0.05) is 10.0 Å². The molecule has 5 nitrogen and oxygen atoms in total. The van der Waals surface area contributed by atoms with Crippen LogP contribution < -0.4 is 10.2 Å². The molecule has 6 heteroatoms. The molecule has 0 heterocycles. The Hall–Kier alpha value is -3.12. The van der Waals surface area contributed by atoms with E-state index in [0.717, 1.165) is 10.0 Å². The van der Waals surface area contributed by atoms with Crippen molar-refractivity contribution in [1.82, 2.24) is 5.43 Å². The first-order valence-electron chi connectivity index (χ1n) is 8.21. The molecule has 0 unspecified atom stereocenters. The minimum absolute atomic E-state index is 0.0976. The molecule has 27 heavy (non-hydrogen) atoms. The predicted molar refractivity (Wildman–Crippen MR) is 108 cm³/mol. The highest BCUT2D eigenvalue weighted by atomic mass is 79.9. The monoisotopic (exact) mass is 424 g/mol. The maximum absolute atomic E-state index is 12.1. The predicted octanol–water partition coefficient (Wildman–Crippen LogP) is 4.50. The number of rotatable bonds is 6. The van der Waals surface area contributed by atoms with E-state index < -0.39 is 5.91 Å². The summed E-state index contributed by atoms with van der Waals surface area (Å²) in [5, 5.41) is 13.7. The summed E-state index contributed by atoms with van der Waals surface area (Å²) in [7, 11) is 0. The zero-order valence-electron chi connectivity index (χ0n) is 14.3. The SMILES string of the molecule is O=C(N/N=C\c1cc(Br)ccc1OCc1ccccc1)c1ccccc1O. The molecule has 1 amide bonds. The number of nitrogens with one attached hydrogen (secondary N) is 1. The number of benzene rings is 3. The Morgan fingerprint density at radius 2 is 1.81 bits per heavy atom. The number of hydrogen-bond acceptors (Lipinski definition) is 4. The van der Waals surface area contributed by atoms with Crippen LogP contribution in [0.2, 0.25) is 0 Å². The fraction of sp³-hybridized carbons (Fsp3) is 0.0476. The quantitative estimate of drug-likeness (QED) is 0.452. The van der Waals surface area contributed by atoms with Crippen LogP contribution in [0.4, 0.5) is 0 Å². The number of amides is 1.